The van der Waals surface area contributed by atoms with Crippen molar-refractivity contribution < 1.29 is 4.39 Å². The summed E-state index contributed by atoms with van der Waals surface area (Å²) in [5, 5.41) is 0. The van der Waals surface area contributed by atoms with Crippen LogP contribution in [0.15, 0.2) is 24.3 Å². The summed E-state index contributed by atoms with van der Waals surface area (Å²) < 4.78 is 12.9. The highest BCUT2D eigenvalue weighted by molar-refractivity contribution is 5.37. The van der Waals surface area contributed by atoms with Gasteiger partial charge in [0.1, 0.15) is 5.82 Å². The molecule has 1 aromatic carbocycles. The van der Waals surface area contributed by atoms with Crippen LogP contribution in [0.25, 0.3) is 0 Å². The van der Waals surface area contributed by atoms with Crippen molar-refractivity contribution in [1.29, 1.82) is 0 Å². The predicted molar refractivity (Wildman–Crippen MR) is 61.3 cm³/mol. The standard InChI is InChI=1S/C14H19F/c1-10(2)14(9-13(14,3)4)11-5-7-12(15)8-6-11/h5-8,10H,9H2,1-4H3. The van der Waals surface area contributed by atoms with Crippen LogP contribution in [0.5, 0.6) is 0 Å². The molecule has 0 spiro atoms. The first kappa shape index (κ1) is 10.7. The fourth-order valence-corrected chi connectivity index (χ4v) is 3.21. The Hall–Kier alpha value is -0.850. The van der Waals surface area contributed by atoms with Gasteiger partial charge in [0.05, 0.1) is 0 Å². The van der Waals surface area contributed by atoms with Gasteiger partial charge in [0.25, 0.3) is 0 Å². The van der Waals surface area contributed by atoms with E-state index in [4.69, 9.17) is 0 Å². The van der Waals surface area contributed by atoms with Gasteiger partial charge in [0, 0.05) is 5.41 Å². The number of hydrogen-bond acceptors (Lipinski definition) is 0. The summed E-state index contributed by atoms with van der Waals surface area (Å²) in [5.41, 5.74) is 1.92. The van der Waals surface area contributed by atoms with Crippen molar-refractivity contribution in [3.8, 4) is 0 Å². The van der Waals surface area contributed by atoms with Crippen molar-refractivity contribution in [2.45, 2.75) is 39.5 Å². The SMILES string of the molecule is CC(C)C1(c2ccc(F)cc2)CC1(C)C. The number of benzene rings is 1. The molecule has 1 fully saturated rings. The van der Waals surface area contributed by atoms with Crippen LogP contribution in [-0.2, 0) is 5.41 Å². The molecule has 0 radical (unpaired) electrons. The largest absolute Gasteiger partial charge is 0.207 e. The van der Waals surface area contributed by atoms with E-state index in [1.165, 1.54) is 12.0 Å². The van der Waals surface area contributed by atoms with Crippen molar-refractivity contribution in [3.05, 3.63) is 35.6 Å². The monoisotopic (exact) mass is 206 g/mol. The van der Waals surface area contributed by atoms with Gasteiger partial charge in [-0.1, -0.05) is 39.8 Å². The molecule has 1 saturated carbocycles. The third-order valence-corrected chi connectivity index (χ3v) is 4.15. The third-order valence-electron chi connectivity index (χ3n) is 4.15. The van der Waals surface area contributed by atoms with Crippen LogP contribution in [0.3, 0.4) is 0 Å². The molecule has 1 aromatic rings. The van der Waals surface area contributed by atoms with Gasteiger partial charge in [0.15, 0.2) is 0 Å². The zero-order valence-corrected chi connectivity index (χ0v) is 9.97. The molecule has 1 heteroatoms. The highest BCUT2D eigenvalue weighted by atomic mass is 19.1. The second kappa shape index (κ2) is 3.07. The first-order chi connectivity index (χ1) is 6.90. The van der Waals surface area contributed by atoms with Crippen LogP contribution in [0, 0.1) is 17.2 Å². The summed E-state index contributed by atoms with van der Waals surface area (Å²) >= 11 is 0. The Kier molecular flexibility index (Phi) is 2.18. The van der Waals surface area contributed by atoms with E-state index in [-0.39, 0.29) is 11.2 Å². The molecular weight excluding hydrogens is 187 g/mol. The Labute approximate surface area is 91.5 Å². The van der Waals surface area contributed by atoms with Gasteiger partial charge in [-0.15, -0.1) is 0 Å². The summed E-state index contributed by atoms with van der Waals surface area (Å²) in [7, 11) is 0. The fourth-order valence-electron chi connectivity index (χ4n) is 3.21. The maximum Gasteiger partial charge on any atom is 0.123 e. The maximum atomic E-state index is 12.9. The molecule has 1 atom stereocenters. The number of hydrogen-bond donors (Lipinski definition) is 0. The normalized spacial score (nSPS) is 28.1. The van der Waals surface area contributed by atoms with Crippen LogP contribution in [-0.4, -0.2) is 0 Å². The average molecular weight is 206 g/mol. The minimum absolute atomic E-state index is 0.142. The average Bonchev–Trinajstić information content (AvgIpc) is 2.72. The molecule has 0 bridgehead atoms. The van der Waals surface area contributed by atoms with Crippen LogP contribution in [0.1, 0.15) is 39.7 Å². The summed E-state index contributed by atoms with van der Waals surface area (Å²) in [6.07, 6.45) is 1.21. The topological polar surface area (TPSA) is 0 Å². The van der Waals surface area contributed by atoms with E-state index in [0.29, 0.717) is 11.3 Å². The van der Waals surface area contributed by atoms with Gasteiger partial charge >= 0.3 is 0 Å². The van der Waals surface area contributed by atoms with E-state index >= 15 is 0 Å². The molecule has 2 rings (SSSR count). The van der Waals surface area contributed by atoms with Crippen molar-refractivity contribution >= 4 is 0 Å². The van der Waals surface area contributed by atoms with E-state index in [1.807, 2.05) is 12.1 Å². The van der Waals surface area contributed by atoms with Crippen LogP contribution in [0.2, 0.25) is 0 Å². The lowest BCUT2D eigenvalue weighted by molar-refractivity contribution is 0.383. The Morgan fingerprint density at radius 1 is 1.13 bits per heavy atom. The van der Waals surface area contributed by atoms with Gasteiger partial charge in [0.2, 0.25) is 0 Å². The van der Waals surface area contributed by atoms with E-state index in [0.717, 1.165) is 0 Å². The zero-order valence-electron chi connectivity index (χ0n) is 9.97. The molecule has 0 aliphatic heterocycles. The van der Waals surface area contributed by atoms with E-state index < -0.39 is 0 Å². The molecule has 0 amide bonds. The van der Waals surface area contributed by atoms with Crippen molar-refractivity contribution in [2.75, 3.05) is 0 Å². The van der Waals surface area contributed by atoms with Gasteiger partial charge in [-0.25, -0.2) is 4.39 Å². The fraction of sp³-hybridized carbons (Fsp3) is 0.571. The first-order valence-electron chi connectivity index (χ1n) is 5.66. The minimum atomic E-state index is -0.142. The first-order valence-corrected chi connectivity index (χ1v) is 5.66. The van der Waals surface area contributed by atoms with E-state index in [9.17, 15) is 4.39 Å². The van der Waals surface area contributed by atoms with Crippen LogP contribution < -0.4 is 0 Å². The van der Waals surface area contributed by atoms with Gasteiger partial charge in [-0.2, -0.15) is 0 Å². The van der Waals surface area contributed by atoms with Crippen molar-refractivity contribution in [2.24, 2.45) is 11.3 Å². The molecule has 1 aliphatic rings. The lowest BCUT2D eigenvalue weighted by atomic mass is 9.79. The van der Waals surface area contributed by atoms with E-state index in [2.05, 4.69) is 27.7 Å². The van der Waals surface area contributed by atoms with E-state index in [1.54, 1.807) is 12.1 Å². The smallest absolute Gasteiger partial charge is 0.123 e. The third kappa shape index (κ3) is 1.40. The number of halogens is 1. The zero-order chi connectivity index (χ0) is 11.3. The Morgan fingerprint density at radius 3 is 1.93 bits per heavy atom. The van der Waals surface area contributed by atoms with Crippen molar-refractivity contribution in [1.82, 2.24) is 0 Å². The molecule has 1 unspecified atom stereocenters. The van der Waals surface area contributed by atoms with Crippen LogP contribution in [0.4, 0.5) is 4.39 Å². The molecule has 0 aromatic heterocycles. The van der Waals surface area contributed by atoms with Gasteiger partial charge < -0.3 is 0 Å². The van der Waals surface area contributed by atoms with Gasteiger partial charge in [-0.3, -0.25) is 0 Å². The van der Waals surface area contributed by atoms with Crippen LogP contribution >= 0.6 is 0 Å². The molecule has 0 saturated heterocycles. The summed E-state index contributed by atoms with van der Waals surface area (Å²) in [4.78, 5) is 0. The molecular formula is C14H19F. The minimum Gasteiger partial charge on any atom is -0.207 e. The maximum absolute atomic E-state index is 12.9. The molecule has 0 heterocycles. The predicted octanol–water partition coefficient (Wildman–Crippen LogP) is 4.15. The second-order valence-corrected chi connectivity index (χ2v) is 5.69. The lowest BCUT2D eigenvalue weighted by Gasteiger charge is -2.25. The molecule has 0 N–H and O–H groups in total. The lowest BCUT2D eigenvalue weighted by Crippen LogP contribution is -2.21. The van der Waals surface area contributed by atoms with Gasteiger partial charge in [-0.05, 0) is 35.4 Å². The highest BCUT2D eigenvalue weighted by Crippen LogP contribution is 2.67. The molecule has 0 nitrogen and oxygen atoms in total. The quantitative estimate of drug-likeness (QED) is 0.682. The molecule has 1 aliphatic carbocycles. The summed E-state index contributed by atoms with van der Waals surface area (Å²) in [6.45, 7) is 9.13. The molecule has 15 heavy (non-hydrogen) atoms. The highest BCUT2D eigenvalue weighted by Gasteiger charge is 2.63. The summed E-state index contributed by atoms with van der Waals surface area (Å²) in [6, 6.07) is 7.05. The molecule has 82 valence electrons. The Morgan fingerprint density at radius 2 is 1.60 bits per heavy atom. The Bertz CT molecular complexity index is 361. The van der Waals surface area contributed by atoms with Crippen molar-refractivity contribution in [3.63, 3.8) is 0 Å². The summed E-state index contributed by atoms with van der Waals surface area (Å²) in [5.74, 6) is 0.467. The second-order valence-electron chi connectivity index (χ2n) is 5.69. The Balaban J connectivity index is 2.41. The number of rotatable bonds is 2.